The lowest BCUT2D eigenvalue weighted by atomic mass is 9.93. The van der Waals surface area contributed by atoms with Gasteiger partial charge in [0.25, 0.3) is 0 Å². The molecule has 1 aliphatic carbocycles. The van der Waals surface area contributed by atoms with Crippen LogP contribution in [0.2, 0.25) is 0 Å². The fourth-order valence-corrected chi connectivity index (χ4v) is 1.86. The van der Waals surface area contributed by atoms with Crippen LogP contribution in [0.5, 0.6) is 0 Å². The van der Waals surface area contributed by atoms with Crippen molar-refractivity contribution in [1.29, 1.82) is 0 Å². The Bertz CT molecular complexity index is 394. The van der Waals surface area contributed by atoms with E-state index in [0.717, 1.165) is 0 Å². The fourth-order valence-electron chi connectivity index (χ4n) is 1.86. The maximum Gasteiger partial charge on any atom is 0.407 e. The Morgan fingerprint density at radius 2 is 2.00 bits per heavy atom. The lowest BCUT2D eigenvalue weighted by molar-refractivity contribution is -0.136. The van der Waals surface area contributed by atoms with Crippen LogP contribution in [0.4, 0.5) is 4.79 Å². The lowest BCUT2D eigenvalue weighted by Gasteiger charge is -2.26. The van der Waals surface area contributed by atoms with Crippen molar-refractivity contribution in [3.63, 3.8) is 0 Å². The van der Waals surface area contributed by atoms with E-state index in [4.69, 9.17) is 4.74 Å². The smallest absolute Gasteiger partial charge is 0.407 e. The number of amides is 1. The van der Waals surface area contributed by atoms with E-state index in [-0.39, 0.29) is 23.8 Å². The summed E-state index contributed by atoms with van der Waals surface area (Å²) in [6, 6.07) is -0.233. The molecule has 0 saturated carbocycles. The molecule has 1 amide bonds. The molecule has 0 aromatic heterocycles. The SMILES string of the molecule is COC(=O)C1=C(O)CC(NC(=O)OC(C)(C)C)CC1. The topological polar surface area (TPSA) is 84.9 Å². The van der Waals surface area contributed by atoms with Crippen molar-refractivity contribution in [3.8, 4) is 0 Å². The third-order valence-corrected chi connectivity index (χ3v) is 2.68. The van der Waals surface area contributed by atoms with Gasteiger partial charge in [-0.05, 0) is 33.6 Å². The first-order valence-corrected chi connectivity index (χ1v) is 6.21. The van der Waals surface area contributed by atoms with Crippen molar-refractivity contribution in [3.05, 3.63) is 11.3 Å². The van der Waals surface area contributed by atoms with E-state index in [2.05, 4.69) is 10.1 Å². The second-order valence-corrected chi connectivity index (χ2v) is 5.50. The average Bonchev–Trinajstić information content (AvgIpc) is 2.25. The number of methoxy groups -OCH3 is 1. The van der Waals surface area contributed by atoms with E-state index in [1.54, 1.807) is 20.8 Å². The summed E-state index contributed by atoms with van der Waals surface area (Å²) in [7, 11) is 1.27. The van der Waals surface area contributed by atoms with E-state index >= 15 is 0 Å². The Morgan fingerprint density at radius 1 is 1.37 bits per heavy atom. The Balaban J connectivity index is 2.56. The van der Waals surface area contributed by atoms with Crippen molar-refractivity contribution in [2.45, 2.75) is 51.7 Å². The van der Waals surface area contributed by atoms with Crippen molar-refractivity contribution in [2.24, 2.45) is 0 Å². The molecular formula is C13H21NO5. The Kier molecular flexibility index (Phi) is 4.80. The monoisotopic (exact) mass is 271 g/mol. The molecule has 1 rings (SSSR count). The Hall–Kier alpha value is -1.72. The minimum atomic E-state index is -0.562. The minimum absolute atomic E-state index is 0.0286. The molecule has 0 fully saturated rings. The summed E-state index contributed by atoms with van der Waals surface area (Å²) >= 11 is 0. The van der Waals surface area contributed by atoms with Crippen LogP contribution >= 0.6 is 0 Å². The van der Waals surface area contributed by atoms with Gasteiger partial charge in [-0.15, -0.1) is 0 Å². The summed E-state index contributed by atoms with van der Waals surface area (Å²) in [5, 5.41) is 12.4. The van der Waals surface area contributed by atoms with Gasteiger partial charge in [0, 0.05) is 12.5 Å². The molecule has 0 radical (unpaired) electrons. The maximum atomic E-state index is 11.6. The molecule has 0 aromatic carbocycles. The highest BCUT2D eigenvalue weighted by Crippen LogP contribution is 2.24. The van der Waals surface area contributed by atoms with Crippen molar-refractivity contribution < 1.29 is 24.2 Å². The van der Waals surface area contributed by atoms with Crippen LogP contribution in [0.25, 0.3) is 0 Å². The van der Waals surface area contributed by atoms with Gasteiger partial charge in [0.15, 0.2) is 0 Å². The normalized spacial score (nSPS) is 19.9. The number of alkyl carbamates (subject to hydrolysis) is 1. The van der Waals surface area contributed by atoms with Gasteiger partial charge in [-0.3, -0.25) is 0 Å². The standard InChI is InChI=1S/C13H21NO5/c1-13(2,3)19-12(17)14-8-5-6-9(10(15)7-8)11(16)18-4/h8,15H,5-7H2,1-4H3,(H,14,17). The number of esters is 1. The first-order valence-electron chi connectivity index (χ1n) is 6.21. The predicted octanol–water partition coefficient (Wildman–Crippen LogP) is 2.05. The van der Waals surface area contributed by atoms with E-state index in [0.29, 0.717) is 12.8 Å². The van der Waals surface area contributed by atoms with Crippen LogP contribution in [0.15, 0.2) is 11.3 Å². The molecular weight excluding hydrogens is 250 g/mol. The first-order chi connectivity index (χ1) is 8.73. The highest BCUT2D eigenvalue weighted by molar-refractivity contribution is 5.89. The van der Waals surface area contributed by atoms with Gasteiger partial charge in [-0.2, -0.15) is 0 Å². The van der Waals surface area contributed by atoms with Crippen molar-refractivity contribution in [1.82, 2.24) is 5.32 Å². The number of carbonyl (C=O) groups is 2. The van der Waals surface area contributed by atoms with Gasteiger partial charge < -0.3 is 19.9 Å². The number of carbonyl (C=O) groups excluding carboxylic acids is 2. The molecule has 0 spiro atoms. The molecule has 6 nitrogen and oxygen atoms in total. The molecule has 1 aliphatic rings. The zero-order chi connectivity index (χ0) is 14.6. The highest BCUT2D eigenvalue weighted by atomic mass is 16.6. The zero-order valence-electron chi connectivity index (χ0n) is 11.8. The van der Waals surface area contributed by atoms with Gasteiger partial charge in [0.05, 0.1) is 12.7 Å². The molecule has 0 aliphatic heterocycles. The molecule has 0 bridgehead atoms. The lowest BCUT2D eigenvalue weighted by Crippen LogP contribution is -2.40. The minimum Gasteiger partial charge on any atom is -0.512 e. The molecule has 0 saturated heterocycles. The summed E-state index contributed by atoms with van der Waals surface area (Å²) in [4.78, 5) is 22.9. The summed E-state index contributed by atoms with van der Waals surface area (Å²) in [5.74, 6) is -0.549. The quantitative estimate of drug-likeness (QED) is 0.751. The number of aliphatic hydroxyl groups is 1. The second kappa shape index (κ2) is 5.95. The number of ether oxygens (including phenoxy) is 2. The maximum absolute atomic E-state index is 11.6. The second-order valence-electron chi connectivity index (χ2n) is 5.50. The number of aliphatic hydroxyl groups excluding tert-OH is 1. The first kappa shape index (κ1) is 15.3. The van der Waals surface area contributed by atoms with E-state index < -0.39 is 17.7 Å². The highest BCUT2D eigenvalue weighted by Gasteiger charge is 2.27. The van der Waals surface area contributed by atoms with Gasteiger partial charge in [-0.25, -0.2) is 9.59 Å². The van der Waals surface area contributed by atoms with Gasteiger partial charge in [-0.1, -0.05) is 0 Å². The van der Waals surface area contributed by atoms with Crippen LogP contribution in [0, 0.1) is 0 Å². The molecule has 0 heterocycles. The van der Waals surface area contributed by atoms with E-state index in [1.165, 1.54) is 7.11 Å². The Labute approximate surface area is 112 Å². The molecule has 1 atom stereocenters. The fraction of sp³-hybridized carbons (Fsp3) is 0.692. The molecule has 108 valence electrons. The van der Waals surface area contributed by atoms with Crippen molar-refractivity contribution >= 4 is 12.1 Å². The summed E-state index contributed by atoms with van der Waals surface area (Å²) < 4.78 is 9.71. The third-order valence-electron chi connectivity index (χ3n) is 2.68. The van der Waals surface area contributed by atoms with Crippen LogP contribution in [0.1, 0.15) is 40.0 Å². The molecule has 6 heteroatoms. The molecule has 2 N–H and O–H groups in total. The molecule has 1 unspecified atom stereocenters. The van der Waals surface area contributed by atoms with Gasteiger partial charge in [0.1, 0.15) is 11.4 Å². The summed E-state index contributed by atoms with van der Waals surface area (Å²) in [6.45, 7) is 5.33. The van der Waals surface area contributed by atoms with Gasteiger partial charge >= 0.3 is 12.1 Å². The van der Waals surface area contributed by atoms with Crippen LogP contribution in [-0.4, -0.2) is 35.9 Å². The predicted molar refractivity (Wildman–Crippen MR) is 68.7 cm³/mol. The number of rotatable bonds is 2. The zero-order valence-corrected chi connectivity index (χ0v) is 11.8. The third kappa shape index (κ3) is 4.81. The molecule has 19 heavy (non-hydrogen) atoms. The largest absolute Gasteiger partial charge is 0.512 e. The number of hydrogen-bond donors (Lipinski definition) is 2. The van der Waals surface area contributed by atoms with Gasteiger partial charge in [0.2, 0.25) is 0 Å². The van der Waals surface area contributed by atoms with Crippen LogP contribution < -0.4 is 5.32 Å². The van der Waals surface area contributed by atoms with E-state index in [9.17, 15) is 14.7 Å². The number of nitrogens with one attached hydrogen (secondary N) is 1. The number of hydrogen-bond acceptors (Lipinski definition) is 5. The summed E-state index contributed by atoms with van der Waals surface area (Å²) in [5.41, 5.74) is -0.280. The summed E-state index contributed by atoms with van der Waals surface area (Å²) in [6.07, 6.45) is 0.628. The average molecular weight is 271 g/mol. The Morgan fingerprint density at radius 3 is 2.47 bits per heavy atom. The van der Waals surface area contributed by atoms with Crippen LogP contribution in [-0.2, 0) is 14.3 Å². The molecule has 0 aromatic rings. The van der Waals surface area contributed by atoms with Crippen LogP contribution in [0.3, 0.4) is 0 Å². The van der Waals surface area contributed by atoms with Crippen molar-refractivity contribution in [2.75, 3.05) is 7.11 Å². The van der Waals surface area contributed by atoms with E-state index in [1.807, 2.05) is 0 Å².